The molecule has 16 heavy (non-hydrogen) atoms. The first kappa shape index (κ1) is 12.6. The molecule has 0 aromatic carbocycles. The zero-order chi connectivity index (χ0) is 11.4. The number of nitrogens with one attached hydrogen (secondary N) is 2. The van der Waals surface area contributed by atoms with Crippen LogP contribution in [0.4, 0.5) is 0 Å². The van der Waals surface area contributed by atoms with Gasteiger partial charge in [-0.2, -0.15) is 23.5 Å². The van der Waals surface area contributed by atoms with Crippen molar-refractivity contribution < 1.29 is 4.79 Å². The van der Waals surface area contributed by atoms with Gasteiger partial charge in [-0.15, -0.1) is 0 Å². The molecule has 1 amide bonds. The third-order valence-electron chi connectivity index (χ3n) is 3.30. The molecular formula is C11H20N2OS2. The Morgan fingerprint density at radius 2 is 2.38 bits per heavy atom. The van der Waals surface area contributed by atoms with Crippen molar-refractivity contribution >= 4 is 29.4 Å². The Kier molecular flexibility index (Phi) is 4.85. The summed E-state index contributed by atoms with van der Waals surface area (Å²) in [6.45, 7) is 0.959. The summed E-state index contributed by atoms with van der Waals surface area (Å²) in [5, 5.41) is 7.21. The van der Waals surface area contributed by atoms with Gasteiger partial charge in [0, 0.05) is 29.3 Å². The summed E-state index contributed by atoms with van der Waals surface area (Å²) in [7, 11) is 0. The van der Waals surface area contributed by atoms with E-state index in [0.29, 0.717) is 6.04 Å². The highest BCUT2D eigenvalue weighted by molar-refractivity contribution is 7.99. The number of rotatable bonds is 3. The molecule has 1 heterocycles. The predicted octanol–water partition coefficient (Wildman–Crippen LogP) is 1.09. The van der Waals surface area contributed by atoms with Gasteiger partial charge in [0.1, 0.15) is 0 Å². The Bertz CT molecular complexity index is 244. The number of thioether (sulfide) groups is 2. The minimum atomic E-state index is 0.0343. The highest BCUT2D eigenvalue weighted by atomic mass is 32.2. The van der Waals surface area contributed by atoms with Crippen LogP contribution in [0.3, 0.4) is 0 Å². The van der Waals surface area contributed by atoms with Crippen LogP contribution in [0, 0.1) is 0 Å². The van der Waals surface area contributed by atoms with E-state index in [4.69, 9.17) is 0 Å². The Morgan fingerprint density at radius 3 is 3.00 bits per heavy atom. The summed E-state index contributed by atoms with van der Waals surface area (Å²) >= 11 is 3.79. The Labute approximate surface area is 106 Å². The molecule has 1 saturated carbocycles. The molecule has 0 bridgehead atoms. The summed E-state index contributed by atoms with van der Waals surface area (Å²) in [6, 6.07) is 0.450. The van der Waals surface area contributed by atoms with Gasteiger partial charge in [-0.25, -0.2) is 0 Å². The van der Waals surface area contributed by atoms with Crippen molar-refractivity contribution in [1.29, 1.82) is 0 Å². The fourth-order valence-electron chi connectivity index (χ4n) is 2.32. The standard InChI is InChI=1S/C11H20N2OS2/c1-15-9-3-2-8(6-9)13-11(14)10-7-16-5-4-12-10/h8-10,12H,2-7H2,1H3,(H,13,14). The van der Waals surface area contributed by atoms with Gasteiger partial charge in [0.05, 0.1) is 6.04 Å². The van der Waals surface area contributed by atoms with Crippen molar-refractivity contribution in [3.63, 3.8) is 0 Å². The van der Waals surface area contributed by atoms with Crippen LogP contribution >= 0.6 is 23.5 Å². The average Bonchev–Trinajstić information content (AvgIpc) is 2.78. The van der Waals surface area contributed by atoms with Crippen LogP contribution in [0.2, 0.25) is 0 Å². The van der Waals surface area contributed by atoms with Crippen LogP contribution in [0.15, 0.2) is 0 Å². The maximum Gasteiger partial charge on any atom is 0.238 e. The molecule has 1 saturated heterocycles. The van der Waals surface area contributed by atoms with Crippen LogP contribution < -0.4 is 10.6 Å². The van der Waals surface area contributed by atoms with Crippen molar-refractivity contribution in [3.05, 3.63) is 0 Å². The van der Waals surface area contributed by atoms with Gasteiger partial charge in [-0.3, -0.25) is 4.79 Å². The van der Waals surface area contributed by atoms with E-state index < -0.39 is 0 Å². The molecular weight excluding hydrogens is 240 g/mol. The van der Waals surface area contributed by atoms with Crippen LogP contribution in [-0.2, 0) is 4.79 Å². The van der Waals surface area contributed by atoms with Crippen LogP contribution in [0.1, 0.15) is 19.3 Å². The third kappa shape index (κ3) is 3.31. The number of hydrogen-bond acceptors (Lipinski definition) is 4. The molecule has 1 aliphatic carbocycles. The second-order valence-electron chi connectivity index (χ2n) is 4.46. The van der Waals surface area contributed by atoms with Gasteiger partial charge >= 0.3 is 0 Å². The molecule has 1 aliphatic heterocycles. The molecule has 0 aromatic heterocycles. The molecule has 0 radical (unpaired) electrons. The van der Waals surface area contributed by atoms with Crippen LogP contribution in [-0.4, -0.2) is 47.5 Å². The molecule has 2 aliphatic rings. The molecule has 0 aromatic rings. The largest absolute Gasteiger partial charge is 0.352 e. The first-order valence-corrected chi connectivity index (χ1v) is 8.38. The number of hydrogen-bond donors (Lipinski definition) is 2. The molecule has 2 fully saturated rings. The SMILES string of the molecule is CSC1CCC(NC(=O)C2CSCCN2)C1. The van der Waals surface area contributed by atoms with Gasteiger partial charge in [-0.05, 0) is 25.5 Å². The lowest BCUT2D eigenvalue weighted by Crippen LogP contribution is -2.51. The average molecular weight is 260 g/mol. The fourth-order valence-corrected chi connectivity index (χ4v) is 4.05. The minimum absolute atomic E-state index is 0.0343. The van der Waals surface area contributed by atoms with Crippen molar-refractivity contribution in [2.45, 2.75) is 36.6 Å². The van der Waals surface area contributed by atoms with E-state index >= 15 is 0 Å². The summed E-state index contributed by atoms with van der Waals surface area (Å²) in [5.74, 6) is 2.26. The molecule has 3 atom stereocenters. The van der Waals surface area contributed by atoms with Crippen LogP contribution in [0.5, 0.6) is 0 Å². The van der Waals surface area contributed by atoms with Crippen molar-refractivity contribution in [2.24, 2.45) is 0 Å². The lowest BCUT2D eigenvalue weighted by molar-refractivity contribution is -0.123. The Hall–Kier alpha value is 0.130. The Morgan fingerprint density at radius 1 is 1.50 bits per heavy atom. The summed E-state index contributed by atoms with van der Waals surface area (Å²) in [6.07, 6.45) is 5.71. The number of amides is 1. The lowest BCUT2D eigenvalue weighted by Gasteiger charge is -2.24. The Balaban J connectivity index is 1.74. The summed E-state index contributed by atoms with van der Waals surface area (Å²) in [4.78, 5) is 12.0. The van der Waals surface area contributed by atoms with Crippen molar-refractivity contribution in [2.75, 3.05) is 24.3 Å². The second-order valence-corrected chi connectivity index (χ2v) is 6.75. The van der Waals surface area contributed by atoms with Crippen LogP contribution in [0.25, 0.3) is 0 Å². The lowest BCUT2D eigenvalue weighted by atomic mass is 10.2. The van der Waals surface area contributed by atoms with Crippen molar-refractivity contribution in [1.82, 2.24) is 10.6 Å². The van der Waals surface area contributed by atoms with E-state index in [1.54, 1.807) is 0 Å². The zero-order valence-corrected chi connectivity index (χ0v) is 11.3. The molecule has 92 valence electrons. The van der Waals surface area contributed by atoms with Gasteiger partial charge in [0.15, 0.2) is 0 Å². The highest BCUT2D eigenvalue weighted by Gasteiger charge is 2.28. The third-order valence-corrected chi connectivity index (χ3v) is 5.46. The molecule has 2 rings (SSSR count). The molecule has 3 nitrogen and oxygen atoms in total. The first-order chi connectivity index (χ1) is 7.79. The van der Waals surface area contributed by atoms with Gasteiger partial charge < -0.3 is 10.6 Å². The van der Waals surface area contributed by atoms with E-state index in [-0.39, 0.29) is 11.9 Å². The smallest absolute Gasteiger partial charge is 0.238 e. The van der Waals surface area contributed by atoms with E-state index in [1.807, 2.05) is 23.5 Å². The maximum atomic E-state index is 12.0. The molecule has 3 unspecified atom stereocenters. The number of carbonyl (C=O) groups excluding carboxylic acids is 1. The maximum absolute atomic E-state index is 12.0. The van der Waals surface area contributed by atoms with E-state index in [2.05, 4.69) is 16.9 Å². The molecule has 0 spiro atoms. The monoisotopic (exact) mass is 260 g/mol. The van der Waals surface area contributed by atoms with Gasteiger partial charge in [0.25, 0.3) is 0 Å². The van der Waals surface area contributed by atoms with Crippen molar-refractivity contribution in [3.8, 4) is 0 Å². The zero-order valence-electron chi connectivity index (χ0n) is 9.70. The molecule has 5 heteroatoms. The second kappa shape index (κ2) is 6.17. The quantitative estimate of drug-likeness (QED) is 0.797. The van der Waals surface area contributed by atoms with E-state index in [9.17, 15) is 4.79 Å². The van der Waals surface area contributed by atoms with Gasteiger partial charge in [0.2, 0.25) is 5.91 Å². The molecule has 2 N–H and O–H groups in total. The topological polar surface area (TPSA) is 41.1 Å². The van der Waals surface area contributed by atoms with E-state index in [1.165, 1.54) is 6.42 Å². The minimum Gasteiger partial charge on any atom is -0.352 e. The van der Waals surface area contributed by atoms with E-state index in [0.717, 1.165) is 36.1 Å². The highest BCUT2D eigenvalue weighted by Crippen LogP contribution is 2.28. The predicted molar refractivity (Wildman–Crippen MR) is 72.2 cm³/mol. The number of carbonyl (C=O) groups is 1. The fraction of sp³-hybridized carbons (Fsp3) is 0.909. The summed E-state index contributed by atoms with van der Waals surface area (Å²) in [5.41, 5.74) is 0. The normalized spacial score (nSPS) is 34.9. The first-order valence-electron chi connectivity index (χ1n) is 5.94. The van der Waals surface area contributed by atoms with Gasteiger partial charge in [-0.1, -0.05) is 0 Å². The summed E-state index contributed by atoms with van der Waals surface area (Å²) < 4.78 is 0.